The largest absolute Gasteiger partial charge is 0.397 e. The lowest BCUT2D eigenvalue weighted by Gasteiger charge is -2.17. The lowest BCUT2D eigenvalue weighted by molar-refractivity contribution is 0.701. The first-order valence-corrected chi connectivity index (χ1v) is 5.16. The summed E-state index contributed by atoms with van der Waals surface area (Å²) >= 11 is 0. The molecule has 0 aliphatic carbocycles. The van der Waals surface area contributed by atoms with Crippen molar-refractivity contribution in [1.82, 2.24) is 4.98 Å². The van der Waals surface area contributed by atoms with Crippen molar-refractivity contribution < 1.29 is 0 Å². The number of rotatable bonds is 5. The van der Waals surface area contributed by atoms with Crippen LogP contribution in [0.4, 0.5) is 11.5 Å². The summed E-state index contributed by atoms with van der Waals surface area (Å²) in [4.78, 5) is 6.42. The molecule has 0 amide bonds. The molecule has 1 rings (SSSR count). The number of nitrogens with zero attached hydrogens (tertiary/aromatic N) is 2. The predicted molar refractivity (Wildman–Crippen MR) is 61.4 cm³/mol. The van der Waals surface area contributed by atoms with E-state index in [2.05, 4.69) is 23.9 Å². The highest BCUT2D eigenvalue weighted by atomic mass is 15.2. The third-order valence-electron chi connectivity index (χ3n) is 2.26. The Labute approximate surface area is 85.9 Å². The molecule has 1 heterocycles. The molecule has 0 aliphatic heterocycles. The maximum Gasteiger partial charge on any atom is 0.128 e. The first-order valence-electron chi connectivity index (χ1n) is 5.16. The van der Waals surface area contributed by atoms with Crippen LogP contribution >= 0.6 is 0 Å². The molecule has 0 aliphatic rings. The summed E-state index contributed by atoms with van der Waals surface area (Å²) in [6, 6.07) is 3.85. The maximum atomic E-state index is 5.57. The van der Waals surface area contributed by atoms with Gasteiger partial charge in [-0.1, -0.05) is 19.8 Å². The van der Waals surface area contributed by atoms with Gasteiger partial charge in [0.1, 0.15) is 5.82 Å². The minimum Gasteiger partial charge on any atom is -0.397 e. The lowest BCUT2D eigenvalue weighted by atomic mass is 10.2. The van der Waals surface area contributed by atoms with E-state index in [1.165, 1.54) is 19.3 Å². The average molecular weight is 193 g/mol. The zero-order valence-electron chi connectivity index (χ0n) is 9.03. The van der Waals surface area contributed by atoms with Crippen LogP contribution in [0.5, 0.6) is 0 Å². The van der Waals surface area contributed by atoms with Crippen molar-refractivity contribution in [3.8, 4) is 0 Å². The minimum absolute atomic E-state index is 0.718. The third kappa shape index (κ3) is 3.24. The van der Waals surface area contributed by atoms with Crippen LogP contribution in [0, 0.1) is 0 Å². The molecule has 0 spiro atoms. The van der Waals surface area contributed by atoms with Crippen LogP contribution in [-0.4, -0.2) is 18.6 Å². The van der Waals surface area contributed by atoms with Crippen molar-refractivity contribution >= 4 is 11.5 Å². The van der Waals surface area contributed by atoms with Crippen LogP contribution in [0.3, 0.4) is 0 Å². The number of nitrogen functional groups attached to an aromatic ring is 1. The van der Waals surface area contributed by atoms with E-state index in [4.69, 9.17) is 5.73 Å². The van der Waals surface area contributed by atoms with Gasteiger partial charge in [-0.15, -0.1) is 0 Å². The van der Waals surface area contributed by atoms with Gasteiger partial charge in [-0.2, -0.15) is 0 Å². The van der Waals surface area contributed by atoms with Crippen molar-refractivity contribution in [2.45, 2.75) is 26.2 Å². The molecule has 0 unspecified atom stereocenters. The van der Waals surface area contributed by atoms with Gasteiger partial charge in [0.2, 0.25) is 0 Å². The maximum absolute atomic E-state index is 5.57. The summed E-state index contributed by atoms with van der Waals surface area (Å²) in [5, 5.41) is 0. The summed E-state index contributed by atoms with van der Waals surface area (Å²) in [6.45, 7) is 3.27. The highest BCUT2D eigenvalue weighted by molar-refractivity contribution is 5.45. The number of hydrogen-bond donors (Lipinski definition) is 1. The van der Waals surface area contributed by atoms with Crippen LogP contribution in [0.2, 0.25) is 0 Å². The van der Waals surface area contributed by atoms with Crippen LogP contribution in [0.15, 0.2) is 18.3 Å². The van der Waals surface area contributed by atoms with Crippen molar-refractivity contribution in [1.29, 1.82) is 0 Å². The molecular weight excluding hydrogens is 174 g/mol. The number of anilines is 2. The number of pyridine rings is 1. The van der Waals surface area contributed by atoms with Crippen molar-refractivity contribution in [2.75, 3.05) is 24.2 Å². The van der Waals surface area contributed by atoms with E-state index in [-0.39, 0.29) is 0 Å². The molecule has 14 heavy (non-hydrogen) atoms. The fourth-order valence-electron chi connectivity index (χ4n) is 1.34. The van der Waals surface area contributed by atoms with E-state index >= 15 is 0 Å². The Hall–Kier alpha value is -1.25. The molecule has 0 saturated heterocycles. The Kier molecular flexibility index (Phi) is 4.23. The van der Waals surface area contributed by atoms with Gasteiger partial charge in [-0.3, -0.25) is 0 Å². The van der Waals surface area contributed by atoms with E-state index in [1.807, 2.05) is 12.1 Å². The summed E-state index contributed by atoms with van der Waals surface area (Å²) < 4.78 is 0. The SMILES string of the molecule is CCCCCN(C)c1ccc(N)cn1. The third-order valence-corrected chi connectivity index (χ3v) is 2.26. The van der Waals surface area contributed by atoms with Crippen molar-refractivity contribution in [3.63, 3.8) is 0 Å². The molecule has 78 valence electrons. The highest BCUT2D eigenvalue weighted by Crippen LogP contribution is 2.11. The zero-order chi connectivity index (χ0) is 10.4. The fourth-order valence-corrected chi connectivity index (χ4v) is 1.34. The van der Waals surface area contributed by atoms with Crippen LogP contribution in [0.1, 0.15) is 26.2 Å². The fraction of sp³-hybridized carbons (Fsp3) is 0.545. The number of unbranched alkanes of at least 4 members (excludes halogenated alkanes) is 2. The van der Waals surface area contributed by atoms with Gasteiger partial charge in [-0.05, 0) is 18.6 Å². The Morgan fingerprint density at radius 1 is 1.36 bits per heavy atom. The molecular formula is C11H19N3. The second kappa shape index (κ2) is 5.47. The smallest absolute Gasteiger partial charge is 0.128 e. The molecule has 2 N–H and O–H groups in total. The molecule has 0 fully saturated rings. The second-order valence-electron chi connectivity index (χ2n) is 3.58. The number of aromatic nitrogens is 1. The van der Waals surface area contributed by atoms with Crippen LogP contribution in [-0.2, 0) is 0 Å². The quantitative estimate of drug-likeness (QED) is 0.729. The standard InChI is InChI=1S/C11H19N3/c1-3-4-5-8-14(2)11-7-6-10(12)9-13-11/h6-7,9H,3-5,8,12H2,1-2H3. The Balaban J connectivity index is 2.43. The summed E-state index contributed by atoms with van der Waals surface area (Å²) in [6.07, 6.45) is 5.45. The first-order chi connectivity index (χ1) is 6.74. The minimum atomic E-state index is 0.718. The van der Waals surface area contributed by atoms with Crippen LogP contribution in [0.25, 0.3) is 0 Å². The highest BCUT2D eigenvalue weighted by Gasteiger charge is 2.00. The lowest BCUT2D eigenvalue weighted by Crippen LogP contribution is -2.19. The van der Waals surface area contributed by atoms with Gasteiger partial charge in [0.25, 0.3) is 0 Å². The summed E-state index contributed by atoms with van der Waals surface area (Å²) in [5.74, 6) is 0.996. The van der Waals surface area contributed by atoms with E-state index in [0.29, 0.717) is 0 Å². The first kappa shape index (κ1) is 10.8. The molecule has 0 saturated carbocycles. The van der Waals surface area contributed by atoms with Gasteiger partial charge >= 0.3 is 0 Å². The second-order valence-corrected chi connectivity index (χ2v) is 3.58. The summed E-state index contributed by atoms with van der Waals surface area (Å²) in [5.41, 5.74) is 6.29. The van der Waals surface area contributed by atoms with Gasteiger partial charge in [0, 0.05) is 13.6 Å². The van der Waals surface area contributed by atoms with Crippen molar-refractivity contribution in [3.05, 3.63) is 18.3 Å². The topological polar surface area (TPSA) is 42.1 Å². The molecule has 1 aromatic rings. The number of nitrogens with two attached hydrogens (primary N) is 1. The van der Waals surface area contributed by atoms with Gasteiger partial charge in [0.15, 0.2) is 0 Å². The Morgan fingerprint density at radius 3 is 2.71 bits per heavy atom. The van der Waals surface area contributed by atoms with Gasteiger partial charge < -0.3 is 10.6 Å². The molecule has 0 atom stereocenters. The normalized spacial score (nSPS) is 10.1. The molecule has 3 nitrogen and oxygen atoms in total. The van der Waals surface area contributed by atoms with E-state index in [1.54, 1.807) is 6.20 Å². The molecule has 3 heteroatoms. The zero-order valence-corrected chi connectivity index (χ0v) is 9.03. The Morgan fingerprint density at radius 2 is 2.14 bits per heavy atom. The molecule has 0 bridgehead atoms. The predicted octanol–water partition coefficient (Wildman–Crippen LogP) is 2.29. The van der Waals surface area contributed by atoms with E-state index < -0.39 is 0 Å². The monoisotopic (exact) mass is 193 g/mol. The van der Waals surface area contributed by atoms with Crippen LogP contribution < -0.4 is 10.6 Å². The van der Waals surface area contributed by atoms with Gasteiger partial charge in [-0.25, -0.2) is 4.98 Å². The molecule has 1 aromatic heterocycles. The van der Waals surface area contributed by atoms with Gasteiger partial charge in [0.05, 0.1) is 11.9 Å². The summed E-state index contributed by atoms with van der Waals surface area (Å²) in [7, 11) is 2.06. The van der Waals surface area contributed by atoms with Crippen molar-refractivity contribution in [2.24, 2.45) is 0 Å². The van der Waals surface area contributed by atoms with E-state index in [9.17, 15) is 0 Å². The molecule has 0 radical (unpaired) electrons. The number of hydrogen-bond acceptors (Lipinski definition) is 3. The molecule has 0 aromatic carbocycles. The average Bonchev–Trinajstić information content (AvgIpc) is 2.19. The van der Waals surface area contributed by atoms with E-state index in [0.717, 1.165) is 18.1 Å². The Bertz CT molecular complexity index is 256.